The van der Waals surface area contributed by atoms with Crippen molar-refractivity contribution in [3.8, 4) is 0 Å². The van der Waals surface area contributed by atoms with Crippen molar-refractivity contribution in [2.45, 2.75) is 32.5 Å². The van der Waals surface area contributed by atoms with Gasteiger partial charge in [0.25, 0.3) is 0 Å². The van der Waals surface area contributed by atoms with Crippen molar-refractivity contribution in [2.75, 3.05) is 26.2 Å². The fraction of sp³-hybridized carbons (Fsp3) is 0.429. The highest BCUT2D eigenvalue weighted by atomic mass is 16.2. The molecule has 26 heavy (non-hydrogen) atoms. The Morgan fingerprint density at radius 2 is 1.88 bits per heavy atom. The van der Waals surface area contributed by atoms with Crippen LogP contribution in [0.5, 0.6) is 0 Å². The van der Waals surface area contributed by atoms with Gasteiger partial charge in [-0.1, -0.05) is 36.4 Å². The molecule has 1 aromatic carbocycles. The lowest BCUT2D eigenvalue weighted by Gasteiger charge is -2.47. The Morgan fingerprint density at radius 3 is 2.58 bits per heavy atom. The molecule has 0 saturated carbocycles. The summed E-state index contributed by atoms with van der Waals surface area (Å²) in [5.41, 5.74) is 2.40. The Hall–Kier alpha value is -2.24. The van der Waals surface area contributed by atoms with E-state index in [4.69, 9.17) is 0 Å². The largest absolute Gasteiger partial charge is 0.351 e. The lowest BCUT2D eigenvalue weighted by atomic mass is 9.97. The fourth-order valence-corrected chi connectivity index (χ4v) is 3.49. The second-order valence-electron chi connectivity index (χ2n) is 7.57. The summed E-state index contributed by atoms with van der Waals surface area (Å²) in [6, 6.07) is 14.4. The average molecular weight is 352 g/mol. The van der Waals surface area contributed by atoms with Gasteiger partial charge in [-0.25, -0.2) is 0 Å². The van der Waals surface area contributed by atoms with Gasteiger partial charge in [-0.3, -0.25) is 19.6 Å². The van der Waals surface area contributed by atoms with Gasteiger partial charge in [0.1, 0.15) is 0 Å². The van der Waals surface area contributed by atoms with Crippen molar-refractivity contribution in [1.29, 1.82) is 0 Å². The number of hydrogen-bond donors (Lipinski definition) is 1. The molecule has 0 spiro atoms. The Morgan fingerprint density at radius 1 is 1.12 bits per heavy atom. The number of rotatable bonds is 6. The molecule has 5 nitrogen and oxygen atoms in total. The molecular formula is C21H28N4O. The van der Waals surface area contributed by atoms with Crippen molar-refractivity contribution < 1.29 is 4.79 Å². The molecule has 138 valence electrons. The first-order valence-corrected chi connectivity index (χ1v) is 9.20. The Bertz CT molecular complexity index is 702. The molecule has 3 rings (SSSR count). The number of carbonyl (C=O) groups is 1. The highest BCUT2D eigenvalue weighted by molar-refractivity contribution is 5.78. The molecule has 2 aromatic rings. The molecule has 1 aliphatic heterocycles. The zero-order valence-corrected chi connectivity index (χ0v) is 15.7. The van der Waals surface area contributed by atoms with Crippen LogP contribution >= 0.6 is 0 Å². The summed E-state index contributed by atoms with van der Waals surface area (Å²) < 4.78 is 0. The van der Waals surface area contributed by atoms with Gasteiger partial charge >= 0.3 is 0 Å². The van der Waals surface area contributed by atoms with Gasteiger partial charge in [-0.2, -0.15) is 0 Å². The second kappa shape index (κ2) is 8.43. The first-order valence-electron chi connectivity index (χ1n) is 9.20. The molecule has 0 aliphatic carbocycles. The number of nitrogens with zero attached hydrogens (tertiary/aromatic N) is 3. The molecule has 5 heteroatoms. The van der Waals surface area contributed by atoms with Gasteiger partial charge < -0.3 is 5.32 Å². The van der Waals surface area contributed by atoms with Gasteiger partial charge in [0.2, 0.25) is 5.91 Å². The number of pyridine rings is 1. The molecule has 2 heterocycles. The van der Waals surface area contributed by atoms with Crippen LogP contribution in [-0.4, -0.2) is 52.4 Å². The van der Waals surface area contributed by atoms with Crippen LogP contribution in [0, 0.1) is 0 Å². The Kier molecular flexibility index (Phi) is 6.01. The maximum absolute atomic E-state index is 12.3. The van der Waals surface area contributed by atoms with E-state index in [1.807, 2.05) is 12.1 Å². The van der Waals surface area contributed by atoms with Crippen molar-refractivity contribution in [3.05, 3.63) is 66.0 Å². The minimum absolute atomic E-state index is 0.0394. The Balaban J connectivity index is 1.48. The van der Waals surface area contributed by atoms with E-state index in [1.54, 1.807) is 12.4 Å². The van der Waals surface area contributed by atoms with Gasteiger partial charge in [0, 0.05) is 50.7 Å². The summed E-state index contributed by atoms with van der Waals surface area (Å²) in [4.78, 5) is 21.1. The lowest BCUT2D eigenvalue weighted by molar-refractivity contribution is -0.123. The van der Waals surface area contributed by atoms with E-state index in [0.717, 1.165) is 31.7 Å². The van der Waals surface area contributed by atoms with E-state index < -0.39 is 0 Å². The molecule has 1 N–H and O–H groups in total. The molecule has 1 amide bonds. The highest BCUT2D eigenvalue weighted by Crippen LogP contribution is 2.23. The number of aromatic nitrogens is 1. The predicted octanol–water partition coefficient (Wildman–Crippen LogP) is 2.29. The summed E-state index contributed by atoms with van der Waals surface area (Å²) >= 11 is 0. The monoisotopic (exact) mass is 352 g/mol. The van der Waals surface area contributed by atoms with Crippen LogP contribution < -0.4 is 5.32 Å². The van der Waals surface area contributed by atoms with Crippen molar-refractivity contribution in [1.82, 2.24) is 20.1 Å². The third-order valence-electron chi connectivity index (χ3n) is 4.95. The molecule has 0 unspecified atom stereocenters. The fourth-order valence-electron chi connectivity index (χ4n) is 3.49. The maximum atomic E-state index is 12.3. The summed E-state index contributed by atoms with van der Waals surface area (Å²) in [6.07, 6.45) is 3.52. The minimum Gasteiger partial charge on any atom is -0.351 e. The van der Waals surface area contributed by atoms with Crippen LogP contribution in [0.3, 0.4) is 0 Å². The van der Waals surface area contributed by atoms with Crippen LogP contribution in [0.15, 0.2) is 54.9 Å². The molecule has 1 saturated heterocycles. The van der Waals surface area contributed by atoms with E-state index in [-0.39, 0.29) is 11.4 Å². The molecule has 0 radical (unpaired) electrons. The van der Waals surface area contributed by atoms with E-state index in [1.165, 1.54) is 5.56 Å². The van der Waals surface area contributed by atoms with Crippen LogP contribution in [0.2, 0.25) is 0 Å². The summed E-state index contributed by atoms with van der Waals surface area (Å²) in [7, 11) is 0. The van der Waals surface area contributed by atoms with Crippen LogP contribution in [0.4, 0.5) is 0 Å². The summed E-state index contributed by atoms with van der Waals surface area (Å²) in [6.45, 7) is 9.22. The number of amides is 1. The molecule has 0 atom stereocenters. The SMILES string of the molecule is CC1(C)CN(CC(=O)NCc2cccnc2)CCN1Cc1ccccc1. The average Bonchev–Trinajstić information content (AvgIpc) is 2.64. The number of nitrogens with one attached hydrogen (secondary N) is 1. The van der Waals surface area contributed by atoms with Crippen molar-refractivity contribution in [2.24, 2.45) is 0 Å². The summed E-state index contributed by atoms with van der Waals surface area (Å²) in [5.74, 6) is 0.0705. The van der Waals surface area contributed by atoms with Crippen LogP contribution in [0.25, 0.3) is 0 Å². The Labute approximate surface area is 156 Å². The third-order valence-corrected chi connectivity index (χ3v) is 4.95. The number of benzene rings is 1. The maximum Gasteiger partial charge on any atom is 0.234 e. The third kappa shape index (κ3) is 5.13. The van der Waals surface area contributed by atoms with Gasteiger partial charge in [-0.05, 0) is 31.0 Å². The molecular weight excluding hydrogens is 324 g/mol. The van der Waals surface area contributed by atoms with Crippen molar-refractivity contribution in [3.63, 3.8) is 0 Å². The van der Waals surface area contributed by atoms with E-state index in [0.29, 0.717) is 13.1 Å². The topological polar surface area (TPSA) is 48.5 Å². The first kappa shape index (κ1) is 18.5. The minimum atomic E-state index is 0.0394. The normalized spacial score (nSPS) is 17.8. The lowest BCUT2D eigenvalue weighted by Crippen LogP contribution is -2.59. The van der Waals surface area contributed by atoms with Crippen LogP contribution in [0.1, 0.15) is 25.0 Å². The standard InChI is InChI=1S/C21H28N4O/c1-21(2)17-24(11-12-25(21)15-18-7-4-3-5-8-18)16-20(26)23-14-19-9-6-10-22-13-19/h3-10,13H,11-12,14-17H2,1-2H3,(H,23,26). The number of piperazine rings is 1. The van der Waals surface area contributed by atoms with Crippen molar-refractivity contribution >= 4 is 5.91 Å². The van der Waals surface area contributed by atoms with E-state index in [9.17, 15) is 4.79 Å². The highest BCUT2D eigenvalue weighted by Gasteiger charge is 2.34. The number of carbonyl (C=O) groups excluding carboxylic acids is 1. The zero-order valence-electron chi connectivity index (χ0n) is 15.7. The van der Waals surface area contributed by atoms with Gasteiger partial charge in [0.15, 0.2) is 0 Å². The molecule has 1 aromatic heterocycles. The summed E-state index contributed by atoms with van der Waals surface area (Å²) in [5, 5.41) is 2.99. The van der Waals surface area contributed by atoms with E-state index in [2.05, 4.69) is 64.3 Å². The first-order chi connectivity index (χ1) is 12.5. The molecule has 0 bridgehead atoms. The molecule has 1 fully saturated rings. The quantitative estimate of drug-likeness (QED) is 0.867. The van der Waals surface area contributed by atoms with E-state index >= 15 is 0 Å². The molecule has 1 aliphatic rings. The predicted molar refractivity (Wildman–Crippen MR) is 103 cm³/mol. The smallest absolute Gasteiger partial charge is 0.234 e. The number of hydrogen-bond acceptors (Lipinski definition) is 4. The second-order valence-corrected chi connectivity index (χ2v) is 7.57. The van der Waals surface area contributed by atoms with Gasteiger partial charge in [0.05, 0.1) is 6.54 Å². The zero-order chi connectivity index (χ0) is 18.4. The van der Waals surface area contributed by atoms with Crippen LogP contribution in [-0.2, 0) is 17.9 Å². The van der Waals surface area contributed by atoms with Gasteiger partial charge in [-0.15, -0.1) is 0 Å².